The summed E-state index contributed by atoms with van der Waals surface area (Å²) in [5.74, 6) is -0.345. The summed E-state index contributed by atoms with van der Waals surface area (Å²) in [6, 6.07) is 10.4. The van der Waals surface area contributed by atoms with Gasteiger partial charge in [0.05, 0.1) is 5.56 Å². The monoisotopic (exact) mass is 347 g/mol. The highest BCUT2D eigenvalue weighted by Gasteiger charge is 2.10. The zero-order valence-electron chi connectivity index (χ0n) is 11.4. The molecule has 1 heterocycles. The van der Waals surface area contributed by atoms with E-state index in [-0.39, 0.29) is 11.8 Å². The third kappa shape index (κ3) is 4.13. The molecule has 1 aromatic carbocycles. The van der Waals surface area contributed by atoms with E-state index in [2.05, 4.69) is 31.5 Å². The average Bonchev–Trinajstić information content (AvgIpc) is 2.47. The molecule has 0 bridgehead atoms. The Morgan fingerprint density at radius 2 is 1.86 bits per heavy atom. The van der Waals surface area contributed by atoms with E-state index < -0.39 is 0 Å². The van der Waals surface area contributed by atoms with Crippen molar-refractivity contribution in [2.24, 2.45) is 0 Å². The number of aromatic nitrogens is 1. The molecule has 0 aliphatic carbocycles. The first-order valence-electron chi connectivity index (χ1n) is 6.42. The molecule has 0 radical (unpaired) electrons. The number of anilines is 2. The zero-order valence-corrected chi connectivity index (χ0v) is 13.0. The van der Waals surface area contributed by atoms with Gasteiger partial charge in [0, 0.05) is 24.0 Å². The van der Waals surface area contributed by atoms with Crippen LogP contribution in [0.1, 0.15) is 23.7 Å². The van der Waals surface area contributed by atoms with Crippen LogP contribution in [0.2, 0.25) is 0 Å². The average molecular weight is 348 g/mol. The highest BCUT2D eigenvalue weighted by Crippen LogP contribution is 2.18. The van der Waals surface area contributed by atoms with E-state index >= 15 is 0 Å². The number of halogens is 1. The molecular formula is C15H14BrN3O2. The predicted molar refractivity (Wildman–Crippen MR) is 85.3 cm³/mol. The summed E-state index contributed by atoms with van der Waals surface area (Å²) in [7, 11) is 0. The van der Waals surface area contributed by atoms with Crippen LogP contribution >= 0.6 is 15.9 Å². The van der Waals surface area contributed by atoms with Gasteiger partial charge < -0.3 is 10.6 Å². The predicted octanol–water partition coefficient (Wildman–Crippen LogP) is 3.44. The summed E-state index contributed by atoms with van der Waals surface area (Å²) in [5, 5.41) is 5.51. The van der Waals surface area contributed by atoms with E-state index in [9.17, 15) is 9.59 Å². The van der Waals surface area contributed by atoms with Crippen LogP contribution in [-0.2, 0) is 4.79 Å². The minimum Gasteiger partial charge on any atom is -0.326 e. The van der Waals surface area contributed by atoms with Crippen molar-refractivity contribution in [3.63, 3.8) is 0 Å². The van der Waals surface area contributed by atoms with Crippen molar-refractivity contribution in [2.45, 2.75) is 13.3 Å². The second kappa shape index (κ2) is 6.99. The molecule has 0 unspecified atom stereocenters. The molecule has 21 heavy (non-hydrogen) atoms. The van der Waals surface area contributed by atoms with E-state index in [1.54, 1.807) is 49.5 Å². The number of nitrogens with one attached hydrogen (secondary N) is 2. The van der Waals surface area contributed by atoms with Crippen LogP contribution in [-0.4, -0.2) is 16.8 Å². The minimum absolute atomic E-state index is 0.0755. The number of benzene rings is 1. The Labute approximate surface area is 130 Å². The van der Waals surface area contributed by atoms with Crippen LogP contribution in [0.15, 0.2) is 47.2 Å². The molecule has 108 valence electrons. The van der Waals surface area contributed by atoms with Crippen molar-refractivity contribution in [3.8, 4) is 0 Å². The molecule has 0 spiro atoms. The van der Waals surface area contributed by atoms with Gasteiger partial charge in [0.2, 0.25) is 5.91 Å². The largest absolute Gasteiger partial charge is 0.326 e. The molecule has 0 aliphatic rings. The van der Waals surface area contributed by atoms with E-state index in [1.807, 2.05) is 0 Å². The Bertz CT molecular complexity index is 673. The van der Waals surface area contributed by atoms with Crippen LogP contribution < -0.4 is 10.6 Å². The van der Waals surface area contributed by atoms with E-state index in [0.717, 1.165) is 0 Å². The first-order chi connectivity index (χ1) is 10.1. The molecule has 0 saturated carbocycles. The molecule has 6 heteroatoms. The molecule has 2 rings (SSSR count). The number of nitrogens with zero attached hydrogens (tertiary/aromatic N) is 1. The van der Waals surface area contributed by atoms with Gasteiger partial charge in [0.1, 0.15) is 4.60 Å². The number of hydrogen-bond acceptors (Lipinski definition) is 3. The van der Waals surface area contributed by atoms with Gasteiger partial charge in [-0.15, -0.1) is 0 Å². The van der Waals surface area contributed by atoms with Gasteiger partial charge in [-0.25, -0.2) is 4.98 Å². The molecule has 2 aromatic rings. The quantitative estimate of drug-likeness (QED) is 0.832. The van der Waals surface area contributed by atoms with Crippen LogP contribution in [0.3, 0.4) is 0 Å². The van der Waals surface area contributed by atoms with Crippen molar-refractivity contribution in [2.75, 3.05) is 10.6 Å². The second-order valence-electron chi connectivity index (χ2n) is 4.28. The number of hydrogen-bond donors (Lipinski definition) is 2. The van der Waals surface area contributed by atoms with Gasteiger partial charge in [-0.2, -0.15) is 0 Å². The maximum atomic E-state index is 12.2. The van der Waals surface area contributed by atoms with Crippen LogP contribution in [0.5, 0.6) is 0 Å². The molecule has 0 atom stereocenters. The summed E-state index contributed by atoms with van der Waals surface area (Å²) in [5.41, 5.74) is 1.69. The van der Waals surface area contributed by atoms with E-state index in [1.165, 1.54) is 0 Å². The van der Waals surface area contributed by atoms with Gasteiger partial charge in [-0.3, -0.25) is 9.59 Å². The molecule has 0 saturated heterocycles. The number of amides is 2. The van der Waals surface area contributed by atoms with Crippen LogP contribution in [0.4, 0.5) is 11.4 Å². The summed E-state index contributed by atoms with van der Waals surface area (Å²) in [6.45, 7) is 1.78. The lowest BCUT2D eigenvalue weighted by molar-refractivity contribution is -0.115. The van der Waals surface area contributed by atoms with Crippen LogP contribution in [0.25, 0.3) is 0 Å². The Hall–Kier alpha value is -2.21. The highest BCUT2D eigenvalue weighted by atomic mass is 79.9. The number of pyridine rings is 1. The molecule has 0 aliphatic heterocycles. The zero-order chi connectivity index (χ0) is 15.2. The van der Waals surface area contributed by atoms with Gasteiger partial charge in [-0.05, 0) is 46.3 Å². The van der Waals surface area contributed by atoms with Gasteiger partial charge in [0.15, 0.2) is 0 Å². The molecular weight excluding hydrogens is 334 g/mol. The molecule has 5 nitrogen and oxygen atoms in total. The lowest BCUT2D eigenvalue weighted by Crippen LogP contribution is -2.14. The van der Waals surface area contributed by atoms with Gasteiger partial charge in [0.25, 0.3) is 5.91 Å². The number of carbonyl (C=O) groups excluding carboxylic acids is 2. The maximum Gasteiger partial charge on any atom is 0.258 e. The van der Waals surface area contributed by atoms with Crippen LogP contribution in [0, 0.1) is 0 Å². The number of carbonyl (C=O) groups is 2. The fourth-order valence-electron chi connectivity index (χ4n) is 1.68. The SMILES string of the molecule is CCC(=O)Nc1cccc(NC(=O)c2cccnc2Br)c1. The van der Waals surface area contributed by atoms with Gasteiger partial charge >= 0.3 is 0 Å². The minimum atomic E-state index is -0.269. The standard InChI is InChI=1S/C15H14BrN3O2/c1-2-13(20)18-10-5-3-6-11(9-10)19-15(21)12-7-4-8-17-14(12)16/h3-9H,2H2,1H3,(H,18,20)(H,19,21). The maximum absolute atomic E-state index is 12.2. The summed E-state index contributed by atoms with van der Waals surface area (Å²) >= 11 is 3.24. The Kier molecular flexibility index (Phi) is 5.05. The van der Waals surface area contributed by atoms with Crippen molar-refractivity contribution >= 4 is 39.1 Å². The third-order valence-corrected chi connectivity index (χ3v) is 3.36. The van der Waals surface area contributed by atoms with Gasteiger partial charge in [-0.1, -0.05) is 13.0 Å². The summed E-state index contributed by atoms with van der Waals surface area (Å²) in [4.78, 5) is 27.5. The number of rotatable bonds is 4. The summed E-state index contributed by atoms with van der Waals surface area (Å²) < 4.78 is 0.484. The topological polar surface area (TPSA) is 71.1 Å². The van der Waals surface area contributed by atoms with E-state index in [0.29, 0.717) is 28.0 Å². The van der Waals surface area contributed by atoms with E-state index in [4.69, 9.17) is 0 Å². The lowest BCUT2D eigenvalue weighted by Gasteiger charge is -2.09. The van der Waals surface area contributed by atoms with Crippen molar-refractivity contribution < 1.29 is 9.59 Å². The molecule has 1 aromatic heterocycles. The fourth-order valence-corrected chi connectivity index (χ4v) is 2.11. The first-order valence-corrected chi connectivity index (χ1v) is 7.21. The smallest absolute Gasteiger partial charge is 0.258 e. The first kappa shape index (κ1) is 15.2. The Morgan fingerprint density at radius 1 is 1.14 bits per heavy atom. The van der Waals surface area contributed by atoms with Crippen molar-refractivity contribution in [1.29, 1.82) is 0 Å². The Balaban J connectivity index is 2.13. The highest BCUT2D eigenvalue weighted by molar-refractivity contribution is 9.10. The lowest BCUT2D eigenvalue weighted by atomic mass is 10.2. The third-order valence-electron chi connectivity index (χ3n) is 2.73. The normalized spacial score (nSPS) is 10.0. The summed E-state index contributed by atoms with van der Waals surface area (Å²) in [6.07, 6.45) is 2.00. The fraction of sp³-hybridized carbons (Fsp3) is 0.133. The molecule has 2 amide bonds. The second-order valence-corrected chi connectivity index (χ2v) is 5.03. The van der Waals surface area contributed by atoms with Crippen molar-refractivity contribution in [1.82, 2.24) is 4.98 Å². The Morgan fingerprint density at radius 3 is 2.52 bits per heavy atom. The molecule has 2 N–H and O–H groups in total. The van der Waals surface area contributed by atoms with Crippen molar-refractivity contribution in [3.05, 3.63) is 52.8 Å². The molecule has 0 fully saturated rings.